The van der Waals surface area contributed by atoms with E-state index in [-0.39, 0.29) is 0 Å². The van der Waals surface area contributed by atoms with E-state index < -0.39 is 138 Å². The molecular formula is C23H6F29N3O3. The minimum atomic E-state index is -8.94. The zero-order chi connectivity index (χ0) is 46.0. The summed E-state index contributed by atoms with van der Waals surface area (Å²) in [7, 11) is 0. The molecule has 334 valence electrons. The number of alkyl halides is 24. The Labute approximate surface area is 295 Å². The number of nitrogens with zero attached hydrogens (tertiary/aromatic N) is 3. The summed E-state index contributed by atoms with van der Waals surface area (Å²) in [4.78, 5) is 6.88. The summed E-state index contributed by atoms with van der Waals surface area (Å²) < 4.78 is 402. The van der Waals surface area contributed by atoms with Gasteiger partial charge < -0.3 is 14.2 Å². The first-order valence-electron chi connectivity index (χ1n) is 13.1. The summed E-state index contributed by atoms with van der Waals surface area (Å²) in [5.74, 6) is -97.4. The van der Waals surface area contributed by atoms with Crippen LogP contribution in [0.5, 0.6) is 23.8 Å². The van der Waals surface area contributed by atoms with Crippen molar-refractivity contribution < 1.29 is 142 Å². The third kappa shape index (κ3) is 7.63. The highest BCUT2D eigenvalue weighted by atomic mass is 19.4. The molecule has 2 aromatic rings. The number of halogens is 29. The van der Waals surface area contributed by atoms with Crippen molar-refractivity contribution in [1.29, 1.82) is 0 Å². The summed E-state index contributed by atoms with van der Waals surface area (Å²) in [6.07, 6.45) is -11.8. The quantitative estimate of drug-likeness (QED) is 0.0844. The third-order valence-electron chi connectivity index (χ3n) is 6.58. The maximum Gasteiger partial charge on any atom is 0.385 e. The average molecular weight is 923 g/mol. The molecule has 0 radical (unpaired) electrons. The Balaban J connectivity index is 2.68. The predicted octanol–water partition coefficient (Wildman–Crippen LogP) is 10.0. The van der Waals surface area contributed by atoms with Crippen molar-refractivity contribution in [3.05, 3.63) is 29.1 Å². The monoisotopic (exact) mass is 923 g/mol. The number of hydrogen-bond acceptors (Lipinski definition) is 6. The van der Waals surface area contributed by atoms with E-state index in [0.29, 0.717) is 0 Å². The number of benzene rings is 1. The van der Waals surface area contributed by atoms with E-state index in [2.05, 4.69) is 29.2 Å². The summed E-state index contributed by atoms with van der Waals surface area (Å²) in [5.41, 5.74) is 0. The van der Waals surface area contributed by atoms with Crippen LogP contribution in [0, 0.1) is 29.1 Å². The van der Waals surface area contributed by atoms with Crippen LogP contribution in [0.25, 0.3) is 0 Å². The topological polar surface area (TPSA) is 66.4 Å². The Bertz CT molecular complexity index is 1790. The lowest BCUT2D eigenvalue weighted by molar-refractivity contribution is -0.447. The van der Waals surface area contributed by atoms with E-state index >= 15 is 0 Å². The highest BCUT2D eigenvalue weighted by Gasteiger charge is 2.93. The van der Waals surface area contributed by atoms with Crippen molar-refractivity contribution in [3.63, 3.8) is 0 Å². The zero-order valence-electron chi connectivity index (χ0n) is 25.6. The van der Waals surface area contributed by atoms with Crippen LogP contribution in [0.3, 0.4) is 0 Å². The van der Waals surface area contributed by atoms with Crippen molar-refractivity contribution in [2.45, 2.75) is 72.1 Å². The van der Waals surface area contributed by atoms with E-state index in [4.69, 9.17) is 0 Å². The molecule has 0 aliphatic rings. The Morgan fingerprint density at radius 3 is 1.00 bits per heavy atom. The van der Waals surface area contributed by atoms with Crippen LogP contribution in [0.1, 0.15) is 0 Å². The van der Waals surface area contributed by atoms with Crippen LogP contribution in [0.4, 0.5) is 127 Å². The molecule has 0 saturated heterocycles. The predicted molar refractivity (Wildman–Crippen MR) is 119 cm³/mol. The molecule has 35 heteroatoms. The first kappa shape index (κ1) is 49.7. The molecule has 0 aliphatic carbocycles. The first-order valence-corrected chi connectivity index (χ1v) is 13.1. The molecule has 0 atom stereocenters. The van der Waals surface area contributed by atoms with Crippen molar-refractivity contribution in [2.75, 3.05) is 13.2 Å². The highest BCUT2D eigenvalue weighted by Crippen LogP contribution is 2.63. The molecular weight excluding hydrogens is 917 g/mol. The Hall–Kier alpha value is -4.40. The van der Waals surface area contributed by atoms with Crippen LogP contribution >= 0.6 is 0 Å². The molecule has 0 amide bonds. The van der Waals surface area contributed by atoms with E-state index in [1.54, 1.807) is 0 Å². The highest BCUT2D eigenvalue weighted by molar-refractivity contribution is 5.32. The SMILES string of the molecule is Fc1c(F)c(F)c(Oc2nc(OCC(F)(F)C(F)(F)C(F)(F)C(F)F)nc(OCC(F)(F)C(F)(F)C(F)(F)C(F)(F)C(F)(F)C(F)(F)C(F)(F)C(F)F)n2)c(F)c1F. The summed E-state index contributed by atoms with van der Waals surface area (Å²) in [6, 6.07) is -7.74. The van der Waals surface area contributed by atoms with Gasteiger partial charge >= 0.3 is 90.1 Å². The minimum absolute atomic E-state index is 2.22. The zero-order valence-corrected chi connectivity index (χ0v) is 25.6. The van der Waals surface area contributed by atoms with Gasteiger partial charge in [-0.3, -0.25) is 0 Å². The van der Waals surface area contributed by atoms with Crippen molar-refractivity contribution in [2.24, 2.45) is 0 Å². The molecule has 1 aromatic heterocycles. The largest absolute Gasteiger partial charge is 0.457 e. The molecule has 0 unspecified atom stereocenters. The molecule has 58 heavy (non-hydrogen) atoms. The van der Waals surface area contributed by atoms with Crippen molar-refractivity contribution in [1.82, 2.24) is 15.0 Å². The number of aromatic nitrogens is 3. The summed E-state index contributed by atoms with van der Waals surface area (Å²) >= 11 is 0. The lowest BCUT2D eigenvalue weighted by atomic mass is 9.89. The molecule has 0 bridgehead atoms. The molecule has 1 heterocycles. The Morgan fingerprint density at radius 2 is 0.638 bits per heavy atom. The fourth-order valence-electron chi connectivity index (χ4n) is 3.30. The number of rotatable bonds is 18. The smallest absolute Gasteiger partial charge is 0.385 e. The molecule has 2 rings (SSSR count). The van der Waals surface area contributed by atoms with Gasteiger partial charge in [0.05, 0.1) is 0 Å². The van der Waals surface area contributed by atoms with Gasteiger partial charge in [-0.1, -0.05) is 0 Å². The van der Waals surface area contributed by atoms with Crippen molar-refractivity contribution >= 4 is 0 Å². The maximum atomic E-state index is 14.3. The second kappa shape index (κ2) is 15.0. The van der Waals surface area contributed by atoms with E-state index in [1.807, 2.05) is 0 Å². The standard InChI is InChI=1S/C23H6F29N3O3/c24-3-4(25)6(27)8(7(28)5(3)26)58-13-54-11(56-1-14(33,34)18(41,42)16(37,38)9(29)30)53-12(55-13)57-2-15(35,36)19(43,44)21(47,48)23(51,52)22(49,50)20(45,46)17(39,40)10(31)32/h9-10H,1-2H2. The normalized spacial score (nSPS) is 14.7. The van der Waals surface area contributed by atoms with Gasteiger partial charge in [0.1, 0.15) is 0 Å². The second-order valence-corrected chi connectivity index (χ2v) is 10.5. The van der Waals surface area contributed by atoms with Gasteiger partial charge in [-0.25, -0.2) is 30.7 Å². The van der Waals surface area contributed by atoms with E-state index in [9.17, 15) is 127 Å². The third-order valence-corrected chi connectivity index (χ3v) is 6.58. The summed E-state index contributed by atoms with van der Waals surface area (Å²) in [5, 5.41) is 0. The lowest BCUT2D eigenvalue weighted by Crippen LogP contribution is -2.74. The molecule has 1 aromatic carbocycles. The van der Waals surface area contributed by atoms with Gasteiger partial charge in [0, 0.05) is 0 Å². The molecule has 0 aliphatic heterocycles. The maximum absolute atomic E-state index is 14.3. The van der Waals surface area contributed by atoms with Gasteiger partial charge in [-0.2, -0.15) is 96.6 Å². The Kier molecular flexibility index (Phi) is 12.9. The van der Waals surface area contributed by atoms with Gasteiger partial charge in [-0.15, -0.1) is 15.0 Å². The molecule has 6 nitrogen and oxygen atoms in total. The average Bonchev–Trinajstić information content (AvgIpc) is 3.09. The Morgan fingerprint density at radius 1 is 0.362 bits per heavy atom. The minimum Gasteiger partial charge on any atom is -0.457 e. The van der Waals surface area contributed by atoms with Crippen molar-refractivity contribution in [3.8, 4) is 23.8 Å². The lowest BCUT2D eigenvalue weighted by Gasteiger charge is -2.42. The molecule has 0 saturated carbocycles. The molecule has 0 spiro atoms. The fourth-order valence-corrected chi connectivity index (χ4v) is 3.30. The second-order valence-electron chi connectivity index (χ2n) is 10.5. The van der Waals surface area contributed by atoms with E-state index in [1.165, 1.54) is 0 Å². The van der Waals surface area contributed by atoms with Crippen LogP contribution < -0.4 is 14.2 Å². The van der Waals surface area contributed by atoms with Crippen LogP contribution in [-0.2, 0) is 0 Å². The van der Waals surface area contributed by atoms with E-state index in [0.717, 1.165) is 0 Å². The van der Waals surface area contributed by atoms with Crippen LogP contribution in [0.2, 0.25) is 0 Å². The molecule has 0 fully saturated rings. The van der Waals surface area contributed by atoms with Gasteiger partial charge in [0.2, 0.25) is 34.8 Å². The summed E-state index contributed by atoms with van der Waals surface area (Å²) in [6.45, 7) is -7.45. The molecule has 0 N–H and O–H groups in total. The van der Waals surface area contributed by atoms with Gasteiger partial charge in [-0.05, 0) is 0 Å². The van der Waals surface area contributed by atoms with Gasteiger partial charge in [0.15, 0.2) is 13.2 Å². The van der Waals surface area contributed by atoms with Gasteiger partial charge in [0.25, 0.3) is 0 Å². The number of ether oxygens (including phenoxy) is 3. The number of hydrogen-bond donors (Lipinski definition) is 0. The first-order chi connectivity index (χ1) is 25.6. The fraction of sp³-hybridized carbons (Fsp3) is 0.609. The van der Waals surface area contributed by atoms with Crippen LogP contribution in [-0.4, -0.2) is 100 Å². The van der Waals surface area contributed by atoms with Crippen LogP contribution in [0.15, 0.2) is 0 Å².